The summed E-state index contributed by atoms with van der Waals surface area (Å²) < 4.78 is 0. The monoisotopic (exact) mass is 328 g/mol. The molecule has 128 valence electrons. The van der Waals surface area contributed by atoms with Gasteiger partial charge < -0.3 is 22.1 Å². The van der Waals surface area contributed by atoms with Crippen molar-refractivity contribution in [2.24, 2.45) is 11.5 Å². The maximum Gasteiger partial charge on any atom is 0.271 e. The average molecular weight is 328 g/mol. The van der Waals surface area contributed by atoms with E-state index >= 15 is 0 Å². The SMILES string of the molecule is Cc1ccc(Nc2cc(NCCN)nnc2C(N)=O)cc1C(C)C. The van der Waals surface area contributed by atoms with Gasteiger partial charge in [0.05, 0.1) is 5.69 Å². The highest BCUT2D eigenvalue weighted by Gasteiger charge is 2.13. The minimum Gasteiger partial charge on any atom is -0.367 e. The number of hydrogen-bond donors (Lipinski definition) is 4. The molecule has 0 aliphatic carbocycles. The van der Waals surface area contributed by atoms with Crippen molar-refractivity contribution in [2.45, 2.75) is 26.7 Å². The zero-order valence-electron chi connectivity index (χ0n) is 14.3. The van der Waals surface area contributed by atoms with Gasteiger partial charge >= 0.3 is 0 Å². The first-order chi connectivity index (χ1) is 11.4. The van der Waals surface area contributed by atoms with Crippen molar-refractivity contribution in [3.05, 3.63) is 41.1 Å². The van der Waals surface area contributed by atoms with Crippen molar-refractivity contribution in [1.29, 1.82) is 0 Å². The predicted octanol–water partition coefficient (Wildman–Crippen LogP) is 2.12. The number of carbonyl (C=O) groups excluding carboxylic acids is 1. The summed E-state index contributed by atoms with van der Waals surface area (Å²) in [6.07, 6.45) is 0. The molecule has 0 fully saturated rings. The number of aromatic nitrogens is 2. The van der Waals surface area contributed by atoms with Gasteiger partial charge in [0.1, 0.15) is 0 Å². The Kier molecular flexibility index (Phi) is 5.70. The van der Waals surface area contributed by atoms with Gasteiger partial charge in [-0.3, -0.25) is 4.79 Å². The lowest BCUT2D eigenvalue weighted by Crippen LogP contribution is -2.18. The van der Waals surface area contributed by atoms with Crippen molar-refractivity contribution in [3.63, 3.8) is 0 Å². The third-order valence-electron chi connectivity index (χ3n) is 3.66. The summed E-state index contributed by atoms with van der Waals surface area (Å²) in [6.45, 7) is 7.40. The summed E-state index contributed by atoms with van der Waals surface area (Å²) in [5.74, 6) is 0.301. The van der Waals surface area contributed by atoms with Crippen LogP contribution in [0.1, 0.15) is 41.4 Å². The molecule has 7 nitrogen and oxygen atoms in total. The molecule has 0 aliphatic heterocycles. The number of nitrogens with zero attached hydrogens (tertiary/aromatic N) is 2. The molecule has 0 spiro atoms. The largest absolute Gasteiger partial charge is 0.367 e. The maximum absolute atomic E-state index is 11.6. The number of rotatable bonds is 7. The summed E-state index contributed by atoms with van der Waals surface area (Å²) >= 11 is 0. The van der Waals surface area contributed by atoms with Crippen LogP contribution in [0.15, 0.2) is 24.3 Å². The fraction of sp³-hybridized carbons (Fsp3) is 0.353. The van der Waals surface area contributed by atoms with Gasteiger partial charge in [-0.15, -0.1) is 10.2 Å². The number of anilines is 3. The average Bonchev–Trinajstić information content (AvgIpc) is 2.54. The van der Waals surface area contributed by atoms with E-state index in [0.717, 1.165) is 5.69 Å². The van der Waals surface area contributed by atoms with E-state index in [1.54, 1.807) is 6.07 Å². The van der Waals surface area contributed by atoms with Crippen LogP contribution in [-0.2, 0) is 0 Å². The topological polar surface area (TPSA) is 119 Å². The Bertz CT molecular complexity index is 729. The second kappa shape index (κ2) is 7.74. The van der Waals surface area contributed by atoms with Gasteiger partial charge in [0.25, 0.3) is 5.91 Å². The second-order valence-corrected chi connectivity index (χ2v) is 5.92. The molecular formula is C17H24N6O. The van der Waals surface area contributed by atoms with Crippen LogP contribution < -0.4 is 22.1 Å². The van der Waals surface area contributed by atoms with Crippen LogP contribution in [0.2, 0.25) is 0 Å². The zero-order valence-corrected chi connectivity index (χ0v) is 14.3. The van der Waals surface area contributed by atoms with Crippen molar-refractivity contribution in [1.82, 2.24) is 10.2 Å². The molecule has 6 N–H and O–H groups in total. The molecule has 1 amide bonds. The first kappa shape index (κ1) is 17.7. The van der Waals surface area contributed by atoms with Crippen LogP contribution in [0.5, 0.6) is 0 Å². The smallest absolute Gasteiger partial charge is 0.271 e. The molecule has 0 atom stereocenters. The van der Waals surface area contributed by atoms with E-state index < -0.39 is 5.91 Å². The molecule has 0 radical (unpaired) electrons. The van der Waals surface area contributed by atoms with Crippen LogP contribution >= 0.6 is 0 Å². The van der Waals surface area contributed by atoms with Crippen LogP contribution in [0.25, 0.3) is 0 Å². The number of primary amides is 1. The normalized spacial score (nSPS) is 10.7. The van der Waals surface area contributed by atoms with E-state index in [1.165, 1.54) is 11.1 Å². The highest BCUT2D eigenvalue weighted by atomic mass is 16.1. The first-order valence-corrected chi connectivity index (χ1v) is 7.91. The Labute approximate surface area is 141 Å². The quantitative estimate of drug-likeness (QED) is 0.618. The highest BCUT2D eigenvalue weighted by Crippen LogP contribution is 2.26. The predicted molar refractivity (Wildman–Crippen MR) is 96.6 cm³/mol. The molecule has 24 heavy (non-hydrogen) atoms. The summed E-state index contributed by atoms with van der Waals surface area (Å²) in [6, 6.07) is 7.78. The highest BCUT2D eigenvalue weighted by molar-refractivity contribution is 5.97. The Morgan fingerprint density at radius 2 is 2.00 bits per heavy atom. The number of nitrogens with two attached hydrogens (primary N) is 2. The molecular weight excluding hydrogens is 304 g/mol. The van der Waals surface area contributed by atoms with Crippen LogP contribution in [0, 0.1) is 6.92 Å². The van der Waals surface area contributed by atoms with E-state index in [2.05, 4.69) is 47.7 Å². The third-order valence-corrected chi connectivity index (χ3v) is 3.66. The van der Waals surface area contributed by atoms with Crippen LogP contribution in [0.3, 0.4) is 0 Å². The van der Waals surface area contributed by atoms with Gasteiger partial charge in [0.2, 0.25) is 0 Å². The van der Waals surface area contributed by atoms with E-state index in [1.807, 2.05) is 12.1 Å². The number of amides is 1. The molecule has 2 rings (SSSR count). The van der Waals surface area contributed by atoms with E-state index in [4.69, 9.17) is 11.5 Å². The van der Waals surface area contributed by atoms with Gasteiger partial charge in [0.15, 0.2) is 11.5 Å². The molecule has 1 aromatic carbocycles. The number of nitrogens with one attached hydrogen (secondary N) is 2. The van der Waals surface area contributed by atoms with Crippen molar-refractivity contribution < 1.29 is 4.79 Å². The molecule has 0 saturated heterocycles. The Morgan fingerprint density at radius 3 is 2.62 bits per heavy atom. The summed E-state index contributed by atoms with van der Waals surface area (Å²) in [7, 11) is 0. The fourth-order valence-corrected chi connectivity index (χ4v) is 2.45. The van der Waals surface area contributed by atoms with Crippen LogP contribution in [0.4, 0.5) is 17.2 Å². The van der Waals surface area contributed by atoms with E-state index in [0.29, 0.717) is 30.5 Å². The molecule has 0 unspecified atom stereocenters. The van der Waals surface area contributed by atoms with Gasteiger partial charge in [-0.05, 0) is 36.1 Å². The molecule has 2 aromatic rings. The molecule has 0 saturated carbocycles. The number of benzene rings is 1. The number of carbonyl (C=O) groups is 1. The van der Waals surface area contributed by atoms with Crippen molar-refractivity contribution >= 4 is 23.1 Å². The summed E-state index contributed by atoms with van der Waals surface area (Å²) in [4.78, 5) is 11.6. The minimum atomic E-state index is -0.633. The second-order valence-electron chi connectivity index (χ2n) is 5.92. The maximum atomic E-state index is 11.6. The fourth-order valence-electron chi connectivity index (χ4n) is 2.45. The first-order valence-electron chi connectivity index (χ1n) is 7.91. The lowest BCUT2D eigenvalue weighted by Gasteiger charge is -2.15. The van der Waals surface area contributed by atoms with Crippen molar-refractivity contribution in [3.8, 4) is 0 Å². The zero-order chi connectivity index (χ0) is 17.7. The molecule has 0 bridgehead atoms. The molecule has 0 aliphatic rings. The molecule has 1 aromatic heterocycles. The van der Waals surface area contributed by atoms with Gasteiger partial charge in [-0.1, -0.05) is 19.9 Å². The van der Waals surface area contributed by atoms with Gasteiger partial charge in [0, 0.05) is 24.8 Å². The Balaban J connectivity index is 2.36. The lowest BCUT2D eigenvalue weighted by molar-refractivity contribution is 0.0995. The molecule has 7 heteroatoms. The van der Waals surface area contributed by atoms with Gasteiger partial charge in [-0.25, -0.2) is 0 Å². The Hall–Kier alpha value is -2.67. The lowest BCUT2D eigenvalue weighted by atomic mass is 9.97. The number of aryl methyl sites for hydroxylation is 1. The van der Waals surface area contributed by atoms with Gasteiger partial charge in [-0.2, -0.15) is 0 Å². The van der Waals surface area contributed by atoms with E-state index in [-0.39, 0.29) is 5.69 Å². The third kappa shape index (κ3) is 4.20. The summed E-state index contributed by atoms with van der Waals surface area (Å²) in [5.41, 5.74) is 14.8. The molecule has 1 heterocycles. The van der Waals surface area contributed by atoms with Crippen molar-refractivity contribution in [2.75, 3.05) is 23.7 Å². The van der Waals surface area contributed by atoms with E-state index in [9.17, 15) is 4.79 Å². The van der Waals surface area contributed by atoms with Crippen LogP contribution in [-0.4, -0.2) is 29.2 Å². The standard InChI is InChI=1S/C17H24N6O/c1-10(2)13-8-12(5-4-11(13)3)21-14-9-15(20-7-6-18)22-23-16(14)17(19)24/h4-5,8-10H,6-7,18H2,1-3H3,(H2,19,24)(H2,20,21,22). The Morgan fingerprint density at radius 1 is 1.25 bits per heavy atom. The number of hydrogen-bond acceptors (Lipinski definition) is 6. The summed E-state index contributed by atoms with van der Waals surface area (Å²) in [5, 5.41) is 14.1. The minimum absolute atomic E-state index is 0.0972.